The lowest BCUT2D eigenvalue weighted by atomic mass is 10.1. The fourth-order valence-electron chi connectivity index (χ4n) is 2.29. The fourth-order valence-corrected chi connectivity index (χ4v) is 3.24. The average molecular weight is 294 g/mol. The number of ether oxygens (including phenoxy) is 1. The molecule has 1 saturated heterocycles. The molecule has 1 heterocycles. The van der Waals surface area contributed by atoms with Gasteiger partial charge in [-0.2, -0.15) is 11.8 Å². The SMILES string of the molecule is COc1ccccc1CCNC(=O)CC1CSCCN1. The average Bonchev–Trinajstić information content (AvgIpc) is 2.49. The molecule has 0 aliphatic carbocycles. The minimum Gasteiger partial charge on any atom is -0.496 e. The summed E-state index contributed by atoms with van der Waals surface area (Å²) in [6.45, 7) is 1.66. The molecule has 2 N–H and O–H groups in total. The highest BCUT2D eigenvalue weighted by molar-refractivity contribution is 7.99. The number of thioether (sulfide) groups is 1. The van der Waals surface area contributed by atoms with Crippen molar-refractivity contribution in [3.05, 3.63) is 29.8 Å². The zero-order valence-electron chi connectivity index (χ0n) is 11.9. The molecule has 0 radical (unpaired) electrons. The molecule has 0 aromatic heterocycles. The van der Waals surface area contributed by atoms with E-state index in [-0.39, 0.29) is 5.91 Å². The van der Waals surface area contributed by atoms with Crippen molar-refractivity contribution in [3.8, 4) is 5.75 Å². The Morgan fingerprint density at radius 1 is 1.50 bits per heavy atom. The highest BCUT2D eigenvalue weighted by Gasteiger charge is 2.16. The fraction of sp³-hybridized carbons (Fsp3) is 0.533. The van der Waals surface area contributed by atoms with Crippen molar-refractivity contribution >= 4 is 17.7 Å². The van der Waals surface area contributed by atoms with Crippen molar-refractivity contribution < 1.29 is 9.53 Å². The van der Waals surface area contributed by atoms with Gasteiger partial charge < -0.3 is 15.4 Å². The smallest absolute Gasteiger partial charge is 0.221 e. The largest absolute Gasteiger partial charge is 0.496 e. The monoisotopic (exact) mass is 294 g/mol. The standard InChI is InChI=1S/C15H22N2O2S/c1-19-14-5-3-2-4-12(14)6-7-17-15(18)10-13-11-20-9-8-16-13/h2-5,13,16H,6-11H2,1H3,(H,17,18). The third kappa shape index (κ3) is 4.72. The predicted molar refractivity (Wildman–Crippen MR) is 83.4 cm³/mol. The van der Waals surface area contributed by atoms with E-state index in [9.17, 15) is 4.79 Å². The highest BCUT2D eigenvalue weighted by Crippen LogP contribution is 2.17. The van der Waals surface area contributed by atoms with E-state index in [4.69, 9.17) is 4.74 Å². The molecule has 4 nitrogen and oxygen atoms in total. The number of benzene rings is 1. The molecule has 1 aromatic carbocycles. The zero-order valence-corrected chi connectivity index (χ0v) is 12.7. The number of carbonyl (C=O) groups is 1. The number of para-hydroxylation sites is 1. The number of hydrogen-bond acceptors (Lipinski definition) is 4. The van der Waals surface area contributed by atoms with Crippen molar-refractivity contribution in [2.24, 2.45) is 0 Å². The molecule has 0 saturated carbocycles. The first kappa shape index (κ1) is 15.2. The van der Waals surface area contributed by atoms with Crippen LogP contribution in [0.1, 0.15) is 12.0 Å². The quantitative estimate of drug-likeness (QED) is 0.834. The van der Waals surface area contributed by atoms with Crippen LogP contribution in [0.4, 0.5) is 0 Å². The zero-order chi connectivity index (χ0) is 14.2. The number of methoxy groups -OCH3 is 1. The van der Waals surface area contributed by atoms with E-state index in [0.29, 0.717) is 19.0 Å². The number of amides is 1. The molecule has 1 unspecified atom stereocenters. The molecule has 0 bridgehead atoms. The molecular weight excluding hydrogens is 272 g/mol. The lowest BCUT2D eigenvalue weighted by Crippen LogP contribution is -2.41. The van der Waals surface area contributed by atoms with Crippen LogP contribution in [0.3, 0.4) is 0 Å². The van der Waals surface area contributed by atoms with Gasteiger partial charge in [-0.1, -0.05) is 18.2 Å². The summed E-state index contributed by atoms with van der Waals surface area (Å²) in [4.78, 5) is 11.9. The molecule has 110 valence electrons. The molecule has 1 aliphatic rings. The second-order valence-electron chi connectivity index (χ2n) is 4.84. The summed E-state index contributed by atoms with van der Waals surface area (Å²) in [5.74, 6) is 3.18. The van der Waals surface area contributed by atoms with Crippen molar-refractivity contribution in [2.75, 3.05) is 31.7 Å². The molecule has 1 fully saturated rings. The van der Waals surface area contributed by atoms with Crippen LogP contribution < -0.4 is 15.4 Å². The van der Waals surface area contributed by atoms with E-state index in [0.717, 1.165) is 35.8 Å². The van der Waals surface area contributed by atoms with Gasteiger partial charge in [0.2, 0.25) is 5.91 Å². The van der Waals surface area contributed by atoms with Gasteiger partial charge in [0, 0.05) is 37.1 Å². The first-order valence-electron chi connectivity index (χ1n) is 6.99. The van der Waals surface area contributed by atoms with Gasteiger partial charge in [0.05, 0.1) is 7.11 Å². The van der Waals surface area contributed by atoms with Gasteiger partial charge in [-0.25, -0.2) is 0 Å². The Labute approximate surface area is 124 Å². The second kappa shape index (κ2) is 8.17. The minimum absolute atomic E-state index is 0.125. The summed E-state index contributed by atoms with van der Waals surface area (Å²) in [6, 6.07) is 8.24. The van der Waals surface area contributed by atoms with Crippen LogP contribution in [0.2, 0.25) is 0 Å². The molecule has 5 heteroatoms. The Balaban J connectivity index is 1.70. The maximum atomic E-state index is 11.9. The van der Waals surface area contributed by atoms with Gasteiger partial charge in [-0.3, -0.25) is 4.79 Å². The highest BCUT2D eigenvalue weighted by atomic mass is 32.2. The molecule has 1 aliphatic heterocycles. The van der Waals surface area contributed by atoms with Crippen LogP contribution in [0.15, 0.2) is 24.3 Å². The van der Waals surface area contributed by atoms with Crippen molar-refractivity contribution in [3.63, 3.8) is 0 Å². The van der Waals surface area contributed by atoms with Crippen LogP contribution in [0, 0.1) is 0 Å². The van der Waals surface area contributed by atoms with E-state index in [1.54, 1.807) is 7.11 Å². The summed E-state index contributed by atoms with van der Waals surface area (Å²) < 4.78 is 5.30. The summed E-state index contributed by atoms with van der Waals surface area (Å²) in [6.07, 6.45) is 1.36. The maximum Gasteiger partial charge on any atom is 0.221 e. The van der Waals surface area contributed by atoms with E-state index in [2.05, 4.69) is 10.6 Å². The molecule has 20 heavy (non-hydrogen) atoms. The Bertz CT molecular complexity index is 434. The third-order valence-corrected chi connectivity index (χ3v) is 4.47. The predicted octanol–water partition coefficient (Wildman–Crippen LogP) is 1.45. The molecule has 2 rings (SSSR count). The van der Waals surface area contributed by atoms with Crippen molar-refractivity contribution in [1.82, 2.24) is 10.6 Å². The minimum atomic E-state index is 0.125. The first-order chi connectivity index (χ1) is 9.79. The molecule has 0 spiro atoms. The third-order valence-electron chi connectivity index (χ3n) is 3.34. The van der Waals surface area contributed by atoms with Crippen LogP contribution in [-0.4, -0.2) is 43.7 Å². The molecule has 1 amide bonds. The first-order valence-corrected chi connectivity index (χ1v) is 8.15. The number of rotatable bonds is 6. The Kier molecular flexibility index (Phi) is 6.21. The summed E-state index contributed by atoms with van der Waals surface area (Å²) in [5, 5.41) is 6.36. The van der Waals surface area contributed by atoms with Gasteiger partial charge in [0.1, 0.15) is 5.75 Å². The van der Waals surface area contributed by atoms with Gasteiger partial charge in [-0.05, 0) is 18.1 Å². The maximum absolute atomic E-state index is 11.9. The lowest BCUT2D eigenvalue weighted by molar-refractivity contribution is -0.121. The number of hydrogen-bond donors (Lipinski definition) is 2. The van der Waals surface area contributed by atoms with E-state index in [1.807, 2.05) is 36.0 Å². The molecular formula is C15H22N2O2S. The van der Waals surface area contributed by atoms with E-state index < -0.39 is 0 Å². The Hall–Kier alpha value is -1.20. The van der Waals surface area contributed by atoms with Crippen LogP contribution in [-0.2, 0) is 11.2 Å². The number of carbonyl (C=O) groups excluding carboxylic acids is 1. The topological polar surface area (TPSA) is 50.4 Å². The van der Waals surface area contributed by atoms with E-state index >= 15 is 0 Å². The van der Waals surface area contributed by atoms with Crippen LogP contribution >= 0.6 is 11.8 Å². The summed E-state index contributed by atoms with van der Waals surface area (Å²) in [5.41, 5.74) is 1.13. The number of nitrogens with one attached hydrogen (secondary N) is 2. The summed E-state index contributed by atoms with van der Waals surface area (Å²) in [7, 11) is 1.67. The van der Waals surface area contributed by atoms with Crippen LogP contribution in [0.25, 0.3) is 0 Å². The van der Waals surface area contributed by atoms with Gasteiger partial charge in [-0.15, -0.1) is 0 Å². The van der Waals surface area contributed by atoms with Crippen LogP contribution in [0.5, 0.6) is 5.75 Å². The normalized spacial score (nSPS) is 18.6. The van der Waals surface area contributed by atoms with Gasteiger partial charge in [0.25, 0.3) is 0 Å². The second-order valence-corrected chi connectivity index (χ2v) is 5.99. The Morgan fingerprint density at radius 2 is 2.35 bits per heavy atom. The summed E-state index contributed by atoms with van der Waals surface area (Å²) >= 11 is 1.91. The molecule has 1 atom stereocenters. The van der Waals surface area contributed by atoms with Gasteiger partial charge in [0.15, 0.2) is 0 Å². The van der Waals surface area contributed by atoms with Crippen molar-refractivity contribution in [2.45, 2.75) is 18.9 Å². The van der Waals surface area contributed by atoms with E-state index in [1.165, 1.54) is 0 Å². The van der Waals surface area contributed by atoms with Gasteiger partial charge >= 0.3 is 0 Å². The molecule has 1 aromatic rings. The Morgan fingerprint density at radius 3 is 3.10 bits per heavy atom. The van der Waals surface area contributed by atoms with Crippen molar-refractivity contribution in [1.29, 1.82) is 0 Å². The lowest BCUT2D eigenvalue weighted by Gasteiger charge is -2.22.